The van der Waals surface area contributed by atoms with Crippen molar-refractivity contribution in [1.29, 1.82) is 0 Å². The Morgan fingerprint density at radius 3 is 2.50 bits per heavy atom. The summed E-state index contributed by atoms with van der Waals surface area (Å²) in [6.07, 6.45) is 1.63. The monoisotopic (exact) mass is 238 g/mol. The minimum atomic E-state index is -0.152. The summed E-state index contributed by atoms with van der Waals surface area (Å²) in [6, 6.07) is 17.8. The Labute approximate surface area is 106 Å². The molecule has 0 heterocycles. The van der Waals surface area contributed by atoms with Crippen LogP contribution >= 0.6 is 0 Å². The van der Waals surface area contributed by atoms with Crippen molar-refractivity contribution >= 4 is 6.29 Å². The smallest absolute Gasteiger partial charge is 0.134 e. The van der Waals surface area contributed by atoms with Crippen molar-refractivity contribution in [1.82, 2.24) is 0 Å². The molecule has 2 aromatic carbocycles. The first-order chi connectivity index (χ1) is 8.88. The summed E-state index contributed by atoms with van der Waals surface area (Å²) in [4.78, 5) is 11.2. The van der Waals surface area contributed by atoms with Crippen LogP contribution in [0.1, 0.15) is 17.2 Å². The largest absolute Gasteiger partial charge is 0.485 e. The van der Waals surface area contributed by atoms with Gasteiger partial charge in [0.1, 0.15) is 18.1 Å². The average Bonchev–Trinajstić information content (AvgIpc) is 2.78. The molecule has 0 saturated carbocycles. The molecule has 0 aromatic heterocycles. The van der Waals surface area contributed by atoms with Crippen molar-refractivity contribution in [3.8, 4) is 5.75 Å². The molecule has 90 valence electrons. The Balaban J connectivity index is 1.92. The van der Waals surface area contributed by atoms with Crippen molar-refractivity contribution in [2.75, 3.05) is 0 Å². The molecule has 0 radical (unpaired) electrons. The van der Waals surface area contributed by atoms with Gasteiger partial charge in [0.2, 0.25) is 0 Å². The van der Waals surface area contributed by atoms with Gasteiger partial charge in [-0.2, -0.15) is 0 Å². The Bertz CT molecular complexity index is 548. The fraction of sp³-hybridized carbons (Fsp3) is 0.188. The zero-order valence-electron chi connectivity index (χ0n) is 9.95. The van der Waals surface area contributed by atoms with Crippen LogP contribution in [0.3, 0.4) is 0 Å². The van der Waals surface area contributed by atoms with Gasteiger partial charge in [-0.1, -0.05) is 42.5 Å². The van der Waals surface area contributed by atoms with Crippen molar-refractivity contribution in [2.45, 2.75) is 12.5 Å². The molecule has 0 aliphatic heterocycles. The molecule has 0 bridgehead atoms. The predicted octanol–water partition coefficient (Wildman–Crippen LogP) is 3.18. The first-order valence-electron chi connectivity index (χ1n) is 6.13. The molecule has 2 nitrogen and oxygen atoms in total. The van der Waals surface area contributed by atoms with E-state index in [9.17, 15) is 4.79 Å². The van der Waals surface area contributed by atoms with Crippen LogP contribution in [0, 0.1) is 5.92 Å². The Morgan fingerprint density at radius 2 is 1.72 bits per heavy atom. The number of carbonyl (C=O) groups excluding carboxylic acids is 1. The van der Waals surface area contributed by atoms with Gasteiger partial charge in [-0.15, -0.1) is 0 Å². The fourth-order valence-corrected chi connectivity index (χ4v) is 2.51. The van der Waals surface area contributed by atoms with Crippen molar-refractivity contribution in [3.63, 3.8) is 0 Å². The van der Waals surface area contributed by atoms with E-state index in [2.05, 4.69) is 6.07 Å². The van der Waals surface area contributed by atoms with E-state index in [1.54, 1.807) is 0 Å². The molecule has 0 N–H and O–H groups in total. The third-order valence-corrected chi connectivity index (χ3v) is 3.39. The van der Waals surface area contributed by atoms with E-state index in [1.165, 1.54) is 5.56 Å². The van der Waals surface area contributed by atoms with E-state index >= 15 is 0 Å². The number of hydrogen-bond acceptors (Lipinski definition) is 2. The van der Waals surface area contributed by atoms with Crippen LogP contribution in [-0.4, -0.2) is 6.29 Å². The second-order valence-electron chi connectivity index (χ2n) is 4.55. The number of ether oxygens (including phenoxy) is 1. The topological polar surface area (TPSA) is 26.3 Å². The zero-order valence-corrected chi connectivity index (χ0v) is 9.95. The maximum absolute atomic E-state index is 11.2. The average molecular weight is 238 g/mol. The molecule has 1 aliphatic carbocycles. The van der Waals surface area contributed by atoms with Crippen LogP contribution in [0.2, 0.25) is 0 Å². The molecule has 1 aliphatic rings. The zero-order chi connectivity index (χ0) is 12.4. The SMILES string of the molecule is O=CC1Cc2ccccc2C1Oc1ccccc1. The van der Waals surface area contributed by atoms with Crippen molar-refractivity contribution in [2.24, 2.45) is 5.92 Å². The van der Waals surface area contributed by atoms with E-state index < -0.39 is 0 Å². The highest BCUT2D eigenvalue weighted by Crippen LogP contribution is 2.38. The maximum atomic E-state index is 11.2. The molecule has 0 saturated heterocycles. The minimum absolute atomic E-state index is 0.0809. The molecular formula is C16H14O2. The van der Waals surface area contributed by atoms with Crippen molar-refractivity contribution in [3.05, 3.63) is 65.7 Å². The Kier molecular flexibility index (Phi) is 2.85. The molecule has 0 fully saturated rings. The van der Waals surface area contributed by atoms with Crippen LogP contribution in [0.15, 0.2) is 54.6 Å². The molecule has 2 aromatic rings. The summed E-state index contributed by atoms with van der Waals surface area (Å²) in [5.41, 5.74) is 2.36. The second-order valence-corrected chi connectivity index (χ2v) is 4.55. The van der Waals surface area contributed by atoms with Gasteiger partial charge in [-0.3, -0.25) is 0 Å². The van der Waals surface area contributed by atoms with Gasteiger partial charge in [0.25, 0.3) is 0 Å². The fourth-order valence-electron chi connectivity index (χ4n) is 2.51. The summed E-state index contributed by atoms with van der Waals surface area (Å²) in [5, 5.41) is 0. The van der Waals surface area contributed by atoms with Gasteiger partial charge < -0.3 is 9.53 Å². The molecule has 3 rings (SSSR count). The van der Waals surface area contributed by atoms with Crippen LogP contribution in [0.25, 0.3) is 0 Å². The lowest BCUT2D eigenvalue weighted by atomic mass is 10.1. The lowest BCUT2D eigenvalue weighted by Crippen LogP contribution is -2.15. The van der Waals surface area contributed by atoms with Gasteiger partial charge in [-0.25, -0.2) is 0 Å². The summed E-state index contributed by atoms with van der Waals surface area (Å²) in [5.74, 6) is 0.730. The molecule has 18 heavy (non-hydrogen) atoms. The highest BCUT2D eigenvalue weighted by molar-refractivity contribution is 5.60. The second kappa shape index (κ2) is 4.65. The lowest BCUT2D eigenvalue weighted by molar-refractivity contribution is -0.113. The Morgan fingerprint density at radius 1 is 1.00 bits per heavy atom. The number of fused-ring (bicyclic) bond motifs is 1. The highest BCUT2D eigenvalue weighted by atomic mass is 16.5. The predicted molar refractivity (Wildman–Crippen MR) is 69.5 cm³/mol. The standard InChI is InChI=1S/C16H14O2/c17-11-13-10-12-6-4-5-9-15(12)16(13)18-14-7-2-1-3-8-14/h1-9,11,13,16H,10H2. The lowest BCUT2D eigenvalue weighted by Gasteiger charge is -2.18. The molecule has 2 unspecified atom stereocenters. The van der Waals surface area contributed by atoms with E-state index in [-0.39, 0.29) is 12.0 Å². The Hall–Kier alpha value is -2.09. The van der Waals surface area contributed by atoms with E-state index in [0.717, 1.165) is 24.0 Å². The minimum Gasteiger partial charge on any atom is -0.485 e. The molecule has 2 heteroatoms. The third kappa shape index (κ3) is 1.90. The normalized spacial score (nSPS) is 21.3. The maximum Gasteiger partial charge on any atom is 0.134 e. The van der Waals surface area contributed by atoms with Gasteiger partial charge in [0, 0.05) is 0 Å². The number of carbonyl (C=O) groups is 1. The van der Waals surface area contributed by atoms with Crippen LogP contribution in [0.5, 0.6) is 5.75 Å². The summed E-state index contributed by atoms with van der Waals surface area (Å²) >= 11 is 0. The first kappa shape index (κ1) is 11.0. The summed E-state index contributed by atoms with van der Waals surface area (Å²) < 4.78 is 5.97. The van der Waals surface area contributed by atoms with Crippen LogP contribution in [-0.2, 0) is 11.2 Å². The van der Waals surface area contributed by atoms with E-state index in [4.69, 9.17) is 4.74 Å². The van der Waals surface area contributed by atoms with Gasteiger partial charge >= 0.3 is 0 Å². The summed E-state index contributed by atoms with van der Waals surface area (Å²) in [7, 11) is 0. The molecule has 0 spiro atoms. The van der Waals surface area contributed by atoms with Crippen molar-refractivity contribution < 1.29 is 9.53 Å². The molecule has 2 atom stereocenters. The van der Waals surface area contributed by atoms with Crippen LogP contribution < -0.4 is 4.74 Å². The quantitative estimate of drug-likeness (QED) is 0.768. The van der Waals surface area contributed by atoms with Gasteiger partial charge in [-0.05, 0) is 29.7 Å². The van der Waals surface area contributed by atoms with E-state index in [1.807, 2.05) is 48.5 Å². The van der Waals surface area contributed by atoms with E-state index in [0.29, 0.717) is 0 Å². The number of para-hydroxylation sites is 1. The highest BCUT2D eigenvalue weighted by Gasteiger charge is 2.33. The number of aldehydes is 1. The van der Waals surface area contributed by atoms with Gasteiger partial charge in [0.15, 0.2) is 0 Å². The first-order valence-corrected chi connectivity index (χ1v) is 6.13. The van der Waals surface area contributed by atoms with Crippen LogP contribution in [0.4, 0.5) is 0 Å². The third-order valence-electron chi connectivity index (χ3n) is 3.39. The number of rotatable bonds is 3. The number of benzene rings is 2. The molecule has 0 amide bonds. The number of hydrogen-bond donors (Lipinski definition) is 0. The molecular weight excluding hydrogens is 224 g/mol. The summed E-state index contributed by atoms with van der Waals surface area (Å²) in [6.45, 7) is 0. The van der Waals surface area contributed by atoms with Gasteiger partial charge in [0.05, 0.1) is 5.92 Å².